The SMILES string of the molecule is Cc1nn(C)cc1C(=Nc1ccccc1O[SiH](C)C)c1ccccc1. The highest BCUT2D eigenvalue weighted by molar-refractivity contribution is 6.49. The quantitative estimate of drug-likeness (QED) is 0.510. The Morgan fingerprint density at radius 3 is 2.36 bits per heavy atom. The lowest BCUT2D eigenvalue weighted by molar-refractivity contribution is 0.582. The van der Waals surface area contributed by atoms with Gasteiger partial charge in [0.1, 0.15) is 11.4 Å². The first kappa shape index (κ1) is 17.2. The molecule has 1 heterocycles. The van der Waals surface area contributed by atoms with Crippen LogP contribution in [0.3, 0.4) is 0 Å². The minimum atomic E-state index is -1.21. The van der Waals surface area contributed by atoms with Gasteiger partial charge in [0.25, 0.3) is 0 Å². The van der Waals surface area contributed by atoms with Crippen molar-refractivity contribution in [3.63, 3.8) is 0 Å². The lowest BCUT2D eigenvalue weighted by atomic mass is 10.0. The summed E-state index contributed by atoms with van der Waals surface area (Å²) >= 11 is 0. The van der Waals surface area contributed by atoms with Crippen LogP contribution in [0, 0.1) is 6.92 Å². The summed E-state index contributed by atoms with van der Waals surface area (Å²) in [6, 6.07) is 18.2. The molecule has 0 saturated heterocycles. The van der Waals surface area contributed by atoms with Crippen molar-refractivity contribution >= 4 is 20.4 Å². The van der Waals surface area contributed by atoms with E-state index in [1.54, 1.807) is 0 Å². The van der Waals surface area contributed by atoms with E-state index in [9.17, 15) is 0 Å². The topological polar surface area (TPSA) is 39.4 Å². The molecular weight excluding hydrogens is 326 g/mol. The minimum absolute atomic E-state index is 0.846. The highest BCUT2D eigenvalue weighted by Crippen LogP contribution is 2.29. The van der Waals surface area contributed by atoms with Crippen molar-refractivity contribution in [3.8, 4) is 5.75 Å². The van der Waals surface area contributed by atoms with E-state index in [0.29, 0.717) is 0 Å². The van der Waals surface area contributed by atoms with E-state index < -0.39 is 9.04 Å². The second kappa shape index (κ2) is 7.48. The van der Waals surface area contributed by atoms with Gasteiger partial charge in [-0.15, -0.1) is 0 Å². The first-order chi connectivity index (χ1) is 12.0. The highest BCUT2D eigenvalue weighted by atomic mass is 28.3. The molecular formula is C20H23N3OSi. The summed E-state index contributed by atoms with van der Waals surface area (Å²) in [6.07, 6.45) is 2.02. The van der Waals surface area contributed by atoms with Gasteiger partial charge >= 0.3 is 0 Å². The van der Waals surface area contributed by atoms with Crippen molar-refractivity contribution in [1.82, 2.24) is 9.78 Å². The van der Waals surface area contributed by atoms with Gasteiger partial charge in [0, 0.05) is 24.4 Å². The number of aromatic nitrogens is 2. The molecule has 3 rings (SSSR count). The van der Waals surface area contributed by atoms with Crippen LogP contribution in [0.5, 0.6) is 5.75 Å². The van der Waals surface area contributed by atoms with E-state index in [-0.39, 0.29) is 0 Å². The maximum Gasteiger partial charge on any atom is 0.229 e. The molecule has 25 heavy (non-hydrogen) atoms. The number of hydrogen-bond acceptors (Lipinski definition) is 3. The molecule has 0 unspecified atom stereocenters. The first-order valence-electron chi connectivity index (χ1n) is 8.45. The van der Waals surface area contributed by atoms with E-state index in [1.807, 2.05) is 67.3 Å². The van der Waals surface area contributed by atoms with Gasteiger partial charge in [-0.3, -0.25) is 4.68 Å². The molecule has 128 valence electrons. The number of para-hydroxylation sites is 2. The summed E-state index contributed by atoms with van der Waals surface area (Å²) in [5.41, 5.74) is 4.82. The second-order valence-electron chi connectivity index (χ2n) is 6.26. The summed E-state index contributed by atoms with van der Waals surface area (Å²) in [5, 5.41) is 4.48. The molecule has 0 bridgehead atoms. The van der Waals surface area contributed by atoms with Crippen molar-refractivity contribution in [2.75, 3.05) is 0 Å². The van der Waals surface area contributed by atoms with Crippen LogP contribution in [-0.2, 0) is 7.05 Å². The largest absolute Gasteiger partial charge is 0.546 e. The number of nitrogens with zero attached hydrogens (tertiary/aromatic N) is 3. The number of aryl methyl sites for hydroxylation is 2. The summed E-state index contributed by atoms with van der Waals surface area (Å²) in [7, 11) is 0.721. The molecule has 0 N–H and O–H groups in total. The Labute approximate surface area is 150 Å². The van der Waals surface area contributed by atoms with Crippen LogP contribution in [0.15, 0.2) is 65.8 Å². The van der Waals surface area contributed by atoms with Gasteiger partial charge in [0.2, 0.25) is 9.04 Å². The van der Waals surface area contributed by atoms with Crippen LogP contribution in [0.4, 0.5) is 5.69 Å². The third-order valence-corrected chi connectivity index (χ3v) is 4.50. The molecule has 0 spiro atoms. The second-order valence-corrected chi connectivity index (χ2v) is 8.60. The van der Waals surface area contributed by atoms with Crippen molar-refractivity contribution in [2.45, 2.75) is 20.0 Å². The highest BCUT2D eigenvalue weighted by Gasteiger charge is 2.14. The van der Waals surface area contributed by atoms with Crippen LogP contribution in [0.2, 0.25) is 13.1 Å². The predicted octanol–water partition coefficient (Wildman–Crippen LogP) is 4.26. The van der Waals surface area contributed by atoms with Crippen molar-refractivity contribution in [1.29, 1.82) is 0 Å². The maximum atomic E-state index is 6.06. The minimum Gasteiger partial charge on any atom is -0.546 e. The third kappa shape index (κ3) is 4.06. The van der Waals surface area contributed by atoms with E-state index in [1.165, 1.54) is 0 Å². The van der Waals surface area contributed by atoms with Gasteiger partial charge in [0.05, 0.1) is 11.4 Å². The van der Waals surface area contributed by atoms with Crippen LogP contribution in [0.25, 0.3) is 0 Å². The standard InChI is InChI=1S/C20H23N3OSi/c1-15-17(14-23(2)22-15)20(16-10-6-5-7-11-16)21-18-12-8-9-13-19(18)24-25(3)4/h5-14,25H,1-4H3. The molecule has 0 amide bonds. The van der Waals surface area contributed by atoms with Crippen molar-refractivity contribution in [3.05, 3.63) is 77.6 Å². The lowest BCUT2D eigenvalue weighted by Crippen LogP contribution is -2.11. The molecule has 4 nitrogen and oxygen atoms in total. The predicted molar refractivity (Wildman–Crippen MR) is 106 cm³/mol. The monoisotopic (exact) mass is 349 g/mol. The van der Waals surface area contributed by atoms with Gasteiger partial charge in [-0.05, 0) is 32.2 Å². The number of aliphatic imine (C=N–C) groups is 1. The summed E-state index contributed by atoms with van der Waals surface area (Å²) in [6.45, 7) is 6.32. The summed E-state index contributed by atoms with van der Waals surface area (Å²) in [5.74, 6) is 0.846. The number of hydrogen-bond donors (Lipinski definition) is 0. The first-order valence-corrected chi connectivity index (χ1v) is 11.2. The number of benzene rings is 2. The Kier molecular flexibility index (Phi) is 5.14. The zero-order chi connectivity index (χ0) is 17.8. The normalized spacial score (nSPS) is 11.8. The number of rotatable bonds is 5. The van der Waals surface area contributed by atoms with Crippen molar-refractivity contribution in [2.24, 2.45) is 12.0 Å². The zero-order valence-corrected chi connectivity index (χ0v) is 16.3. The molecule has 0 saturated carbocycles. The Bertz CT molecular complexity index is 885. The lowest BCUT2D eigenvalue weighted by Gasteiger charge is -2.13. The maximum absolute atomic E-state index is 6.06. The summed E-state index contributed by atoms with van der Waals surface area (Å²) < 4.78 is 7.89. The van der Waals surface area contributed by atoms with E-state index in [4.69, 9.17) is 9.42 Å². The van der Waals surface area contributed by atoms with Gasteiger partial charge < -0.3 is 4.43 Å². The fraction of sp³-hybridized carbons (Fsp3) is 0.200. The van der Waals surface area contributed by atoms with Crippen LogP contribution >= 0.6 is 0 Å². The van der Waals surface area contributed by atoms with Crippen LogP contribution < -0.4 is 4.43 Å². The van der Waals surface area contributed by atoms with Gasteiger partial charge in [-0.1, -0.05) is 42.5 Å². The Balaban J connectivity index is 2.16. The molecule has 3 aromatic rings. The average molecular weight is 350 g/mol. The van der Waals surface area contributed by atoms with Gasteiger partial charge in [0.15, 0.2) is 0 Å². The summed E-state index contributed by atoms with van der Waals surface area (Å²) in [4.78, 5) is 4.99. The average Bonchev–Trinajstić information content (AvgIpc) is 2.92. The smallest absolute Gasteiger partial charge is 0.229 e. The van der Waals surface area contributed by atoms with E-state index in [0.717, 1.165) is 34.0 Å². The molecule has 0 aliphatic carbocycles. The Morgan fingerprint density at radius 2 is 1.72 bits per heavy atom. The molecule has 5 heteroatoms. The van der Waals surface area contributed by atoms with E-state index in [2.05, 4.69) is 30.3 Å². The zero-order valence-electron chi connectivity index (χ0n) is 15.1. The van der Waals surface area contributed by atoms with Crippen LogP contribution in [0.1, 0.15) is 16.8 Å². The molecule has 0 radical (unpaired) electrons. The fourth-order valence-electron chi connectivity index (χ4n) is 2.73. The Morgan fingerprint density at radius 1 is 1.04 bits per heavy atom. The van der Waals surface area contributed by atoms with E-state index >= 15 is 0 Å². The third-order valence-electron chi connectivity index (χ3n) is 3.78. The fourth-order valence-corrected chi connectivity index (χ4v) is 3.44. The van der Waals surface area contributed by atoms with Crippen LogP contribution in [-0.4, -0.2) is 24.5 Å². The molecule has 2 aromatic carbocycles. The van der Waals surface area contributed by atoms with Gasteiger partial charge in [-0.2, -0.15) is 5.10 Å². The molecule has 0 aliphatic rings. The van der Waals surface area contributed by atoms with Gasteiger partial charge in [-0.25, -0.2) is 4.99 Å². The molecule has 0 fully saturated rings. The molecule has 1 aromatic heterocycles. The Hall–Kier alpha value is -2.66. The van der Waals surface area contributed by atoms with Crippen molar-refractivity contribution < 1.29 is 4.43 Å². The molecule has 0 aliphatic heterocycles. The molecule has 0 atom stereocenters.